The summed E-state index contributed by atoms with van der Waals surface area (Å²) >= 11 is 0. The van der Waals surface area contributed by atoms with Gasteiger partial charge in [-0.3, -0.25) is 14.4 Å². The highest BCUT2D eigenvalue weighted by Crippen LogP contribution is 2.17. The minimum absolute atomic E-state index is 0.177. The van der Waals surface area contributed by atoms with E-state index in [1.807, 2.05) is 44.2 Å². The molecule has 3 aromatic rings. The van der Waals surface area contributed by atoms with Gasteiger partial charge in [0.05, 0.1) is 18.4 Å². The molecule has 3 rings (SSSR count). The van der Waals surface area contributed by atoms with Gasteiger partial charge in [-0.25, -0.2) is 0 Å². The highest BCUT2D eigenvalue weighted by atomic mass is 16.5. The standard InChI is InChI=1S/C28H31N3O4/c1-19(2)25(31-26(32)21-13-15-22(35-3)16-14-21)28(34)30-24-12-8-7-11-23(24)27(33)29-18-17-20-9-5-4-6-10-20/h4-16,19,25H,17-18H2,1-3H3,(H,29,33)(H,30,34)(H,31,32). The Bertz CT molecular complexity index is 1140. The molecule has 1 unspecified atom stereocenters. The first-order chi connectivity index (χ1) is 16.9. The van der Waals surface area contributed by atoms with E-state index in [9.17, 15) is 14.4 Å². The van der Waals surface area contributed by atoms with Crippen molar-refractivity contribution in [1.29, 1.82) is 0 Å². The molecule has 0 saturated heterocycles. The molecule has 7 nitrogen and oxygen atoms in total. The first-order valence-corrected chi connectivity index (χ1v) is 11.6. The molecule has 0 aliphatic rings. The van der Waals surface area contributed by atoms with E-state index in [4.69, 9.17) is 4.74 Å². The van der Waals surface area contributed by atoms with Gasteiger partial charge < -0.3 is 20.7 Å². The van der Waals surface area contributed by atoms with E-state index in [-0.39, 0.29) is 17.7 Å². The number of anilines is 1. The van der Waals surface area contributed by atoms with Crippen molar-refractivity contribution in [3.05, 3.63) is 95.6 Å². The van der Waals surface area contributed by atoms with Gasteiger partial charge in [0.25, 0.3) is 11.8 Å². The Kier molecular flexibility index (Phi) is 9.01. The van der Waals surface area contributed by atoms with Crippen LogP contribution >= 0.6 is 0 Å². The molecule has 35 heavy (non-hydrogen) atoms. The molecule has 0 radical (unpaired) electrons. The summed E-state index contributed by atoms with van der Waals surface area (Å²) in [5, 5.41) is 8.53. The van der Waals surface area contributed by atoms with Crippen LogP contribution in [0.15, 0.2) is 78.9 Å². The zero-order valence-corrected chi connectivity index (χ0v) is 20.2. The minimum atomic E-state index is -0.793. The molecule has 0 spiro atoms. The normalized spacial score (nSPS) is 11.4. The molecule has 7 heteroatoms. The van der Waals surface area contributed by atoms with Crippen molar-refractivity contribution in [2.75, 3.05) is 19.0 Å². The summed E-state index contributed by atoms with van der Waals surface area (Å²) in [6, 6.07) is 22.6. The SMILES string of the molecule is COc1ccc(C(=O)NC(C(=O)Nc2ccccc2C(=O)NCCc2ccccc2)C(C)C)cc1. The van der Waals surface area contributed by atoms with Crippen LogP contribution in [0.2, 0.25) is 0 Å². The van der Waals surface area contributed by atoms with E-state index in [0.717, 1.165) is 5.56 Å². The molecule has 0 aromatic heterocycles. The quantitative estimate of drug-likeness (QED) is 0.414. The molecule has 0 saturated carbocycles. The summed E-state index contributed by atoms with van der Waals surface area (Å²) in [5.41, 5.74) is 2.29. The summed E-state index contributed by atoms with van der Waals surface area (Å²) < 4.78 is 5.12. The van der Waals surface area contributed by atoms with E-state index in [2.05, 4.69) is 16.0 Å². The lowest BCUT2D eigenvalue weighted by Crippen LogP contribution is -2.47. The Balaban J connectivity index is 1.65. The fourth-order valence-electron chi connectivity index (χ4n) is 3.56. The average Bonchev–Trinajstić information content (AvgIpc) is 2.87. The number of carbonyl (C=O) groups is 3. The third-order valence-corrected chi connectivity index (χ3v) is 5.56. The highest BCUT2D eigenvalue weighted by Gasteiger charge is 2.26. The fourth-order valence-corrected chi connectivity index (χ4v) is 3.56. The lowest BCUT2D eigenvalue weighted by molar-refractivity contribution is -0.118. The van der Waals surface area contributed by atoms with Crippen molar-refractivity contribution >= 4 is 23.4 Å². The fraction of sp³-hybridized carbons (Fsp3) is 0.250. The summed E-state index contributed by atoms with van der Waals surface area (Å²) in [4.78, 5) is 38.7. The van der Waals surface area contributed by atoms with Crippen LogP contribution in [0, 0.1) is 5.92 Å². The Hall–Kier alpha value is -4.13. The van der Waals surface area contributed by atoms with E-state index < -0.39 is 11.9 Å². The third kappa shape index (κ3) is 7.17. The summed E-state index contributed by atoms with van der Waals surface area (Å²) in [7, 11) is 1.55. The smallest absolute Gasteiger partial charge is 0.253 e. The van der Waals surface area contributed by atoms with Gasteiger partial charge in [0.15, 0.2) is 0 Å². The van der Waals surface area contributed by atoms with Crippen LogP contribution in [0.1, 0.15) is 40.1 Å². The zero-order valence-electron chi connectivity index (χ0n) is 20.2. The molecule has 3 aromatic carbocycles. The Morgan fingerprint density at radius 2 is 1.49 bits per heavy atom. The van der Waals surface area contributed by atoms with Crippen LogP contribution in [-0.2, 0) is 11.2 Å². The van der Waals surface area contributed by atoms with E-state index >= 15 is 0 Å². The van der Waals surface area contributed by atoms with E-state index in [1.165, 1.54) is 0 Å². The van der Waals surface area contributed by atoms with E-state index in [0.29, 0.717) is 35.5 Å². The lowest BCUT2D eigenvalue weighted by atomic mass is 10.0. The summed E-state index contributed by atoms with van der Waals surface area (Å²) in [6.07, 6.45) is 0.702. The van der Waals surface area contributed by atoms with Crippen molar-refractivity contribution in [1.82, 2.24) is 10.6 Å². The first kappa shape index (κ1) is 25.5. The number of hydrogen-bond donors (Lipinski definition) is 3. The molecule has 0 heterocycles. The topological polar surface area (TPSA) is 96.5 Å². The average molecular weight is 474 g/mol. The largest absolute Gasteiger partial charge is 0.497 e. The van der Waals surface area contributed by atoms with Crippen molar-refractivity contribution in [3.63, 3.8) is 0 Å². The second kappa shape index (κ2) is 12.4. The maximum Gasteiger partial charge on any atom is 0.253 e. The lowest BCUT2D eigenvalue weighted by Gasteiger charge is -2.22. The number of hydrogen-bond acceptors (Lipinski definition) is 4. The minimum Gasteiger partial charge on any atom is -0.497 e. The molecule has 1 atom stereocenters. The maximum atomic E-state index is 13.1. The van der Waals surface area contributed by atoms with Crippen LogP contribution in [0.3, 0.4) is 0 Å². The summed E-state index contributed by atoms with van der Waals surface area (Å²) in [6.45, 7) is 4.17. The van der Waals surface area contributed by atoms with Gasteiger partial charge >= 0.3 is 0 Å². The van der Waals surface area contributed by atoms with Gasteiger partial charge in [-0.1, -0.05) is 56.3 Å². The number of para-hydroxylation sites is 1. The number of rotatable bonds is 10. The van der Waals surface area contributed by atoms with Gasteiger partial charge in [-0.05, 0) is 54.3 Å². The second-order valence-corrected chi connectivity index (χ2v) is 8.45. The third-order valence-electron chi connectivity index (χ3n) is 5.56. The molecule has 3 amide bonds. The number of amides is 3. The molecule has 0 bridgehead atoms. The van der Waals surface area contributed by atoms with Gasteiger partial charge in [-0.2, -0.15) is 0 Å². The second-order valence-electron chi connectivity index (χ2n) is 8.45. The monoisotopic (exact) mass is 473 g/mol. The number of benzene rings is 3. The molecule has 0 fully saturated rings. The number of carbonyl (C=O) groups excluding carboxylic acids is 3. The predicted molar refractivity (Wildman–Crippen MR) is 137 cm³/mol. The maximum absolute atomic E-state index is 13.1. The Morgan fingerprint density at radius 3 is 2.14 bits per heavy atom. The van der Waals surface area contributed by atoms with Crippen molar-refractivity contribution in [2.45, 2.75) is 26.3 Å². The Morgan fingerprint density at radius 1 is 0.829 bits per heavy atom. The number of nitrogens with one attached hydrogen (secondary N) is 3. The highest BCUT2D eigenvalue weighted by molar-refractivity contribution is 6.06. The van der Waals surface area contributed by atoms with Crippen molar-refractivity contribution < 1.29 is 19.1 Å². The van der Waals surface area contributed by atoms with Crippen LogP contribution in [0.4, 0.5) is 5.69 Å². The first-order valence-electron chi connectivity index (χ1n) is 11.6. The van der Waals surface area contributed by atoms with E-state index in [1.54, 1.807) is 55.6 Å². The van der Waals surface area contributed by atoms with Crippen molar-refractivity contribution in [3.8, 4) is 5.75 Å². The molecule has 0 aliphatic carbocycles. The molecule has 0 aliphatic heterocycles. The number of methoxy groups -OCH3 is 1. The van der Waals surface area contributed by atoms with Crippen LogP contribution in [-0.4, -0.2) is 37.4 Å². The van der Waals surface area contributed by atoms with Gasteiger partial charge in [0.1, 0.15) is 11.8 Å². The molecule has 182 valence electrons. The van der Waals surface area contributed by atoms with Gasteiger partial charge in [-0.15, -0.1) is 0 Å². The van der Waals surface area contributed by atoms with Crippen LogP contribution < -0.4 is 20.7 Å². The van der Waals surface area contributed by atoms with Crippen LogP contribution in [0.5, 0.6) is 5.75 Å². The molecular formula is C28H31N3O4. The van der Waals surface area contributed by atoms with Crippen molar-refractivity contribution in [2.24, 2.45) is 5.92 Å². The summed E-state index contributed by atoms with van der Waals surface area (Å²) in [5.74, 6) is -0.581. The Labute approximate surface area is 205 Å². The van der Waals surface area contributed by atoms with Crippen LogP contribution in [0.25, 0.3) is 0 Å². The van der Waals surface area contributed by atoms with Gasteiger partial charge in [0.2, 0.25) is 5.91 Å². The predicted octanol–water partition coefficient (Wildman–Crippen LogP) is 4.06. The van der Waals surface area contributed by atoms with Gasteiger partial charge in [0, 0.05) is 12.1 Å². The number of ether oxygens (including phenoxy) is 1. The molecule has 3 N–H and O–H groups in total. The zero-order chi connectivity index (χ0) is 25.2. The molecular weight excluding hydrogens is 442 g/mol.